The molecule has 5 heteroatoms. The summed E-state index contributed by atoms with van der Waals surface area (Å²) in [5.74, 6) is 0. The van der Waals surface area contributed by atoms with Crippen molar-refractivity contribution in [3.8, 4) is 0 Å². The summed E-state index contributed by atoms with van der Waals surface area (Å²) < 4.78 is 15.4. The zero-order valence-corrected chi connectivity index (χ0v) is 35.5. The minimum atomic E-state index is -1.95. The molecule has 0 spiro atoms. The Kier molecular flexibility index (Phi) is 10.7. The van der Waals surface area contributed by atoms with Gasteiger partial charge >= 0.3 is 0 Å². The molecule has 0 saturated carbocycles. The Labute approximate surface area is 292 Å². The number of hydrogen-bond donors (Lipinski definition) is 0. The minimum Gasteiger partial charge on any atom is -0.376 e. The average Bonchev–Trinajstić information content (AvgIpc) is 3.39. The molecule has 258 valence electrons. The Bertz CT molecular complexity index is 1350. The van der Waals surface area contributed by atoms with Gasteiger partial charge in [-0.15, -0.1) is 0 Å². The van der Waals surface area contributed by atoms with Crippen LogP contribution in [0.4, 0.5) is 0 Å². The third kappa shape index (κ3) is 6.86. The topological polar surface area (TPSA) is 18.5 Å². The summed E-state index contributed by atoms with van der Waals surface area (Å²) in [7, 11) is -5.78. The molecule has 1 fully saturated rings. The molecule has 0 amide bonds. The van der Waals surface area contributed by atoms with E-state index in [0.29, 0.717) is 17.7 Å². The first-order valence-electron chi connectivity index (χ1n) is 18.0. The summed E-state index contributed by atoms with van der Waals surface area (Å²) >= 11 is 0. The van der Waals surface area contributed by atoms with Crippen molar-refractivity contribution in [3.63, 3.8) is 0 Å². The van der Waals surface area contributed by atoms with Gasteiger partial charge in [0.15, 0.2) is 0 Å². The lowest BCUT2D eigenvalue weighted by atomic mass is 9.80. The van der Waals surface area contributed by atoms with Crippen LogP contribution in [0.2, 0.25) is 65.5 Å². The van der Waals surface area contributed by atoms with E-state index in [1.54, 1.807) is 0 Å². The third-order valence-electron chi connectivity index (χ3n) is 13.6. The summed E-state index contributed by atoms with van der Waals surface area (Å²) in [4.78, 5) is 0. The van der Waals surface area contributed by atoms with Crippen molar-refractivity contribution in [1.82, 2.24) is 0 Å². The molecule has 2 nitrogen and oxygen atoms in total. The van der Waals surface area contributed by atoms with Gasteiger partial charge in [-0.1, -0.05) is 193 Å². The lowest BCUT2D eigenvalue weighted by Gasteiger charge is -2.55. The molecule has 0 radical (unpaired) electrons. The van der Waals surface area contributed by atoms with E-state index in [-0.39, 0.29) is 26.9 Å². The maximum absolute atomic E-state index is 7.75. The molecule has 3 aromatic rings. The van der Waals surface area contributed by atoms with Crippen molar-refractivity contribution in [1.29, 1.82) is 0 Å². The summed E-state index contributed by atoms with van der Waals surface area (Å²) in [6.07, 6.45) is 0.0321. The Morgan fingerprint density at radius 2 is 0.809 bits per heavy atom. The number of ether oxygens (including phenoxy) is 2. The molecule has 0 unspecified atom stereocenters. The summed E-state index contributed by atoms with van der Waals surface area (Å²) in [5.41, 5.74) is 4.05. The Morgan fingerprint density at radius 1 is 0.489 bits per heavy atom. The van der Waals surface area contributed by atoms with Crippen molar-refractivity contribution < 1.29 is 9.47 Å². The lowest BCUT2D eigenvalue weighted by Crippen LogP contribution is -2.59. The molecule has 4 atom stereocenters. The van der Waals surface area contributed by atoms with Crippen LogP contribution in [-0.4, -0.2) is 42.7 Å². The standard InChI is InChI=1S/C42H66O2Si3/c1-39(2,3)45(10,11)36-35(44-38(47(14,15)41(7,8)9)37(36)46(12,13)40(4,5)6)31-43-42(32-25-19-16-20-26-32,33-27-21-17-22-28-33)34-29-23-18-24-30-34/h16-30,35-38H,31H2,1-15H3/t35-,36-,37-,38+/m1/s1. The van der Waals surface area contributed by atoms with Crippen molar-refractivity contribution in [3.05, 3.63) is 108 Å². The molecular weight excluding hydrogens is 621 g/mol. The van der Waals surface area contributed by atoms with Crippen molar-refractivity contribution in [2.75, 3.05) is 6.61 Å². The minimum absolute atomic E-state index is 0.0321. The monoisotopic (exact) mass is 686 g/mol. The van der Waals surface area contributed by atoms with Gasteiger partial charge in [-0.25, -0.2) is 0 Å². The molecule has 1 aliphatic heterocycles. The third-order valence-corrected chi connectivity index (χ3v) is 32.5. The van der Waals surface area contributed by atoms with Crippen LogP contribution >= 0.6 is 0 Å². The van der Waals surface area contributed by atoms with Gasteiger partial charge in [-0.3, -0.25) is 0 Å². The number of hydrogen-bond acceptors (Lipinski definition) is 2. The van der Waals surface area contributed by atoms with E-state index in [1.807, 2.05) is 0 Å². The molecule has 0 N–H and O–H groups in total. The SMILES string of the molecule is CC(C)(C)[Si](C)(C)[C@@H]1[C@H]([Si](C)(C)C(C)(C)C)[C@@H](COC(c2ccccc2)(c2ccccc2)c2ccccc2)O[C@H]1[Si](C)(C)C(C)(C)C. The summed E-state index contributed by atoms with van der Waals surface area (Å²) in [6.45, 7) is 39.0. The van der Waals surface area contributed by atoms with Gasteiger partial charge < -0.3 is 9.47 Å². The molecule has 0 bridgehead atoms. The van der Waals surface area contributed by atoms with E-state index in [1.165, 1.54) is 0 Å². The van der Waals surface area contributed by atoms with E-state index in [2.05, 4.69) is 193 Å². The molecule has 4 rings (SSSR count). The van der Waals surface area contributed by atoms with Crippen LogP contribution in [0, 0.1) is 0 Å². The Hall–Kier alpha value is -1.77. The largest absolute Gasteiger partial charge is 0.376 e. The normalized spacial score (nSPS) is 22.0. The quantitative estimate of drug-likeness (QED) is 0.165. The first kappa shape index (κ1) is 38.0. The highest BCUT2D eigenvalue weighted by molar-refractivity contribution is 6.90. The van der Waals surface area contributed by atoms with Crippen LogP contribution in [-0.2, 0) is 15.1 Å². The fourth-order valence-electron chi connectivity index (χ4n) is 7.68. The Morgan fingerprint density at radius 3 is 1.13 bits per heavy atom. The molecule has 47 heavy (non-hydrogen) atoms. The number of benzene rings is 3. The van der Waals surface area contributed by atoms with Crippen molar-refractivity contribution >= 4 is 24.2 Å². The summed E-state index contributed by atoms with van der Waals surface area (Å²) in [5, 5.41) is 0.686. The fraction of sp³-hybridized carbons (Fsp3) is 0.571. The van der Waals surface area contributed by atoms with Crippen molar-refractivity contribution in [2.45, 2.75) is 145 Å². The lowest BCUT2D eigenvalue weighted by molar-refractivity contribution is -0.0528. The van der Waals surface area contributed by atoms with Crippen LogP contribution in [0.25, 0.3) is 0 Å². The molecular formula is C42H66O2Si3. The number of rotatable bonds is 9. The highest BCUT2D eigenvalue weighted by Crippen LogP contribution is 2.65. The van der Waals surface area contributed by atoms with Gasteiger partial charge in [0.25, 0.3) is 0 Å². The molecule has 3 aromatic carbocycles. The van der Waals surface area contributed by atoms with Gasteiger partial charge in [0, 0.05) is 5.73 Å². The maximum atomic E-state index is 7.75. The maximum Gasteiger partial charge on any atom is 0.143 e. The van der Waals surface area contributed by atoms with Gasteiger partial charge in [0.05, 0.1) is 36.9 Å². The van der Waals surface area contributed by atoms with Crippen LogP contribution in [0.5, 0.6) is 0 Å². The first-order valence-corrected chi connectivity index (χ1v) is 27.2. The average molecular weight is 687 g/mol. The zero-order valence-electron chi connectivity index (χ0n) is 32.5. The van der Waals surface area contributed by atoms with E-state index < -0.39 is 29.8 Å². The van der Waals surface area contributed by atoms with Crippen LogP contribution in [0.1, 0.15) is 79.0 Å². The van der Waals surface area contributed by atoms with Gasteiger partial charge in [0.1, 0.15) is 5.60 Å². The second-order valence-corrected chi connectivity index (χ2v) is 35.9. The van der Waals surface area contributed by atoms with Crippen LogP contribution in [0.3, 0.4) is 0 Å². The second-order valence-electron chi connectivity index (χ2n) is 19.2. The predicted octanol–water partition coefficient (Wildman–Crippen LogP) is 12.6. The van der Waals surface area contributed by atoms with Crippen LogP contribution in [0.15, 0.2) is 91.0 Å². The predicted molar refractivity (Wildman–Crippen MR) is 213 cm³/mol. The first-order chi connectivity index (χ1) is 21.5. The molecule has 1 saturated heterocycles. The molecule has 0 aliphatic carbocycles. The molecule has 1 aliphatic rings. The van der Waals surface area contributed by atoms with E-state index >= 15 is 0 Å². The summed E-state index contributed by atoms with van der Waals surface area (Å²) in [6, 6.07) is 32.6. The Balaban J connectivity index is 1.97. The van der Waals surface area contributed by atoms with Crippen molar-refractivity contribution in [2.24, 2.45) is 0 Å². The van der Waals surface area contributed by atoms with E-state index in [0.717, 1.165) is 16.7 Å². The zero-order chi connectivity index (χ0) is 35.3. The van der Waals surface area contributed by atoms with E-state index in [9.17, 15) is 0 Å². The highest BCUT2D eigenvalue weighted by atomic mass is 28.3. The van der Waals surface area contributed by atoms with Gasteiger partial charge in [-0.2, -0.15) is 0 Å². The smallest absolute Gasteiger partial charge is 0.143 e. The highest BCUT2D eigenvalue weighted by Gasteiger charge is 2.66. The van der Waals surface area contributed by atoms with Crippen LogP contribution < -0.4 is 0 Å². The molecule has 1 heterocycles. The van der Waals surface area contributed by atoms with Gasteiger partial charge in [-0.05, 0) is 42.9 Å². The van der Waals surface area contributed by atoms with Gasteiger partial charge in [0.2, 0.25) is 0 Å². The fourth-order valence-corrected chi connectivity index (χ4v) is 21.5. The second kappa shape index (κ2) is 13.2. The molecule has 0 aromatic heterocycles. The van der Waals surface area contributed by atoms with E-state index in [4.69, 9.17) is 9.47 Å².